The molecule has 1 saturated heterocycles. The van der Waals surface area contributed by atoms with Gasteiger partial charge in [-0.05, 0) is 61.6 Å². The van der Waals surface area contributed by atoms with Crippen LogP contribution in [0.2, 0.25) is 0 Å². The molecule has 1 aliphatic carbocycles. The zero-order valence-electron chi connectivity index (χ0n) is 16.5. The average Bonchev–Trinajstić information content (AvgIpc) is 3.50. The number of urea groups is 1. The molecule has 1 saturated carbocycles. The molecular weight excluding hydrogens is 388 g/mol. The second kappa shape index (κ2) is 6.79. The highest BCUT2D eigenvalue weighted by Gasteiger charge is 2.47. The molecule has 0 bridgehead atoms. The zero-order chi connectivity index (χ0) is 20.9. The normalized spacial score (nSPS) is 21.0. The van der Waals surface area contributed by atoms with Gasteiger partial charge in [0.05, 0.1) is 5.54 Å². The lowest BCUT2D eigenvalue weighted by molar-refractivity contribution is 0.0914. The molecule has 30 heavy (non-hydrogen) atoms. The number of carbonyl (C=O) groups is 2. The summed E-state index contributed by atoms with van der Waals surface area (Å²) in [6.45, 7) is 1.06. The molecule has 2 amide bonds. The van der Waals surface area contributed by atoms with Crippen LogP contribution in [-0.2, 0) is 5.54 Å². The summed E-state index contributed by atoms with van der Waals surface area (Å²) < 4.78 is 26.7. The first-order chi connectivity index (χ1) is 14.4. The highest BCUT2D eigenvalue weighted by molar-refractivity contribution is 6.04. The molecule has 2 heterocycles. The number of amides is 2. The van der Waals surface area contributed by atoms with E-state index >= 15 is 0 Å². The van der Waals surface area contributed by atoms with Crippen molar-refractivity contribution in [1.29, 1.82) is 0 Å². The molecule has 5 rings (SSSR count). The molecule has 0 radical (unpaired) electrons. The minimum absolute atomic E-state index is 0.0607. The Morgan fingerprint density at radius 3 is 2.30 bits per heavy atom. The highest BCUT2D eigenvalue weighted by atomic mass is 19.1. The third-order valence-electron chi connectivity index (χ3n) is 6.68. The van der Waals surface area contributed by atoms with E-state index in [2.05, 4.69) is 10.6 Å². The van der Waals surface area contributed by atoms with Crippen LogP contribution in [0.1, 0.15) is 48.0 Å². The van der Waals surface area contributed by atoms with E-state index in [1.807, 2.05) is 0 Å². The van der Waals surface area contributed by atoms with E-state index in [0.29, 0.717) is 43.6 Å². The van der Waals surface area contributed by atoms with E-state index in [1.54, 1.807) is 23.1 Å². The van der Waals surface area contributed by atoms with Crippen molar-refractivity contribution < 1.29 is 18.4 Å². The van der Waals surface area contributed by atoms with E-state index in [0.717, 1.165) is 18.4 Å². The molecule has 0 aromatic heterocycles. The number of hydrogen-bond acceptors (Lipinski definition) is 3. The molecule has 3 aliphatic rings. The van der Waals surface area contributed by atoms with Gasteiger partial charge in [0.25, 0.3) is 0 Å². The summed E-state index contributed by atoms with van der Waals surface area (Å²) in [5.41, 5.74) is 1.19. The summed E-state index contributed by atoms with van der Waals surface area (Å²) in [7, 11) is 0. The number of benzene rings is 2. The van der Waals surface area contributed by atoms with Crippen LogP contribution in [0, 0.1) is 11.6 Å². The van der Waals surface area contributed by atoms with Crippen LogP contribution in [0.4, 0.5) is 19.3 Å². The fourth-order valence-corrected chi connectivity index (χ4v) is 4.69. The highest BCUT2D eigenvalue weighted by Crippen LogP contribution is 2.46. The van der Waals surface area contributed by atoms with E-state index in [1.165, 1.54) is 24.3 Å². The van der Waals surface area contributed by atoms with Crippen molar-refractivity contribution in [2.24, 2.45) is 0 Å². The maximum atomic E-state index is 13.5. The Labute approximate surface area is 173 Å². The maximum absolute atomic E-state index is 13.5. The first-order valence-corrected chi connectivity index (χ1v) is 10.3. The Bertz CT molecular complexity index is 1010. The topological polar surface area (TPSA) is 61.4 Å². The van der Waals surface area contributed by atoms with Crippen LogP contribution in [-0.4, -0.2) is 35.3 Å². The number of nitrogens with one attached hydrogen (secondary N) is 2. The molecule has 2 aromatic rings. The fraction of sp³-hybridized carbons (Fsp3) is 0.391. The number of Topliss-reactive ketones (excluding diaryl/α,β-unsaturated/α-hetero) is 1. The molecule has 0 unspecified atom stereocenters. The molecule has 5 nitrogen and oxygen atoms in total. The van der Waals surface area contributed by atoms with Crippen molar-refractivity contribution in [2.75, 3.05) is 18.4 Å². The van der Waals surface area contributed by atoms with Crippen LogP contribution >= 0.6 is 0 Å². The first kappa shape index (κ1) is 19.0. The number of anilines is 1. The number of carbonyl (C=O) groups excluding carboxylic acids is 2. The van der Waals surface area contributed by atoms with Crippen LogP contribution in [0.5, 0.6) is 0 Å². The van der Waals surface area contributed by atoms with Crippen molar-refractivity contribution in [2.45, 2.75) is 43.2 Å². The van der Waals surface area contributed by atoms with Crippen molar-refractivity contribution in [3.05, 3.63) is 65.2 Å². The van der Waals surface area contributed by atoms with Gasteiger partial charge in [-0.3, -0.25) is 4.79 Å². The van der Waals surface area contributed by atoms with Gasteiger partial charge in [-0.25, -0.2) is 13.6 Å². The average molecular weight is 411 g/mol. The summed E-state index contributed by atoms with van der Waals surface area (Å²) in [4.78, 5) is 27.2. The molecule has 2 N–H and O–H groups in total. The summed E-state index contributed by atoms with van der Waals surface area (Å²) in [6.07, 6.45) is 3.27. The minimum atomic E-state index is -0.415. The molecule has 2 fully saturated rings. The summed E-state index contributed by atoms with van der Waals surface area (Å²) in [5, 5.41) is 6.57. The predicted molar refractivity (Wildman–Crippen MR) is 108 cm³/mol. The van der Waals surface area contributed by atoms with Gasteiger partial charge in [-0.15, -0.1) is 0 Å². The summed E-state index contributed by atoms with van der Waals surface area (Å²) >= 11 is 0. The minimum Gasteiger partial charge on any atom is -0.378 e. The number of nitrogens with zero attached hydrogens (tertiary/aromatic N) is 1. The summed E-state index contributed by atoms with van der Waals surface area (Å²) in [6, 6.07) is 10.4. The van der Waals surface area contributed by atoms with Gasteiger partial charge < -0.3 is 15.5 Å². The lowest BCUT2D eigenvalue weighted by Gasteiger charge is -2.45. The van der Waals surface area contributed by atoms with E-state index in [-0.39, 0.29) is 17.6 Å². The quantitative estimate of drug-likeness (QED) is 0.779. The Hall–Kier alpha value is -2.96. The van der Waals surface area contributed by atoms with E-state index < -0.39 is 16.9 Å². The van der Waals surface area contributed by atoms with Gasteiger partial charge in [0.2, 0.25) is 0 Å². The van der Waals surface area contributed by atoms with E-state index in [4.69, 9.17) is 0 Å². The SMILES string of the molecule is O=C1CC2(CCN(C(=O)NC3(c4ccc(F)cc4)CC3)CC2)Nc2ccc(F)cc21. The van der Waals surface area contributed by atoms with Gasteiger partial charge in [0, 0.05) is 36.3 Å². The Kier molecular flexibility index (Phi) is 4.31. The molecule has 7 heteroatoms. The second-order valence-corrected chi connectivity index (χ2v) is 8.70. The molecular formula is C23H23F2N3O2. The van der Waals surface area contributed by atoms with Crippen molar-refractivity contribution >= 4 is 17.5 Å². The standard InChI is InChI=1S/C23H23F2N3O2/c24-16-3-1-15(2-4-16)23(7-8-23)27-21(30)28-11-9-22(10-12-28)14-20(29)18-13-17(25)5-6-19(18)26-22/h1-6,13,26H,7-12,14H2,(H,27,30). The number of piperidine rings is 1. The molecule has 2 aliphatic heterocycles. The van der Waals surface area contributed by atoms with Gasteiger partial charge >= 0.3 is 6.03 Å². The van der Waals surface area contributed by atoms with Gasteiger partial charge in [0.15, 0.2) is 5.78 Å². The summed E-state index contributed by atoms with van der Waals surface area (Å²) in [5.74, 6) is -0.767. The van der Waals surface area contributed by atoms with Crippen molar-refractivity contribution in [3.63, 3.8) is 0 Å². The van der Waals surface area contributed by atoms with Gasteiger partial charge in [-0.1, -0.05) is 12.1 Å². The number of rotatable bonds is 2. The number of ketones is 1. The largest absolute Gasteiger partial charge is 0.378 e. The number of halogens is 2. The maximum Gasteiger partial charge on any atom is 0.318 e. The van der Waals surface area contributed by atoms with Gasteiger partial charge in [0.1, 0.15) is 11.6 Å². The van der Waals surface area contributed by atoms with Crippen LogP contribution in [0.25, 0.3) is 0 Å². The number of likely N-dealkylation sites (tertiary alicyclic amines) is 1. The van der Waals surface area contributed by atoms with Crippen molar-refractivity contribution in [1.82, 2.24) is 10.2 Å². The second-order valence-electron chi connectivity index (χ2n) is 8.70. The lowest BCUT2D eigenvalue weighted by Crippen LogP contribution is -2.56. The molecule has 2 aromatic carbocycles. The zero-order valence-corrected chi connectivity index (χ0v) is 16.5. The Morgan fingerprint density at radius 2 is 1.63 bits per heavy atom. The van der Waals surface area contributed by atoms with Crippen LogP contribution in [0.3, 0.4) is 0 Å². The lowest BCUT2D eigenvalue weighted by atomic mass is 9.78. The third-order valence-corrected chi connectivity index (χ3v) is 6.68. The smallest absolute Gasteiger partial charge is 0.318 e. The number of hydrogen-bond donors (Lipinski definition) is 2. The monoisotopic (exact) mass is 411 g/mol. The third kappa shape index (κ3) is 3.32. The first-order valence-electron chi connectivity index (χ1n) is 10.3. The molecule has 156 valence electrons. The Balaban J connectivity index is 1.24. The number of fused-ring (bicyclic) bond motifs is 1. The Morgan fingerprint density at radius 1 is 0.967 bits per heavy atom. The van der Waals surface area contributed by atoms with Crippen molar-refractivity contribution in [3.8, 4) is 0 Å². The predicted octanol–water partition coefficient (Wildman–Crippen LogP) is 4.20. The van der Waals surface area contributed by atoms with E-state index in [9.17, 15) is 18.4 Å². The van der Waals surface area contributed by atoms with Crippen LogP contribution < -0.4 is 10.6 Å². The van der Waals surface area contributed by atoms with Crippen LogP contribution in [0.15, 0.2) is 42.5 Å². The molecule has 1 spiro atoms. The fourth-order valence-electron chi connectivity index (χ4n) is 4.69. The van der Waals surface area contributed by atoms with Gasteiger partial charge in [-0.2, -0.15) is 0 Å². The molecule has 0 atom stereocenters.